The third-order valence-electron chi connectivity index (χ3n) is 3.21. The van der Waals surface area contributed by atoms with Crippen molar-refractivity contribution in [2.75, 3.05) is 18.5 Å². The van der Waals surface area contributed by atoms with E-state index in [1.54, 1.807) is 0 Å². The van der Waals surface area contributed by atoms with Crippen molar-refractivity contribution in [3.05, 3.63) is 29.3 Å². The molecule has 1 aromatic rings. The number of nitrogens with two attached hydrogens (primary N) is 1. The summed E-state index contributed by atoms with van der Waals surface area (Å²) in [6.07, 6.45) is 3.18. The average molecular weight is 234 g/mol. The molecule has 1 atom stereocenters. The Morgan fingerprint density at radius 1 is 1.29 bits per heavy atom. The van der Waals surface area contributed by atoms with Gasteiger partial charge in [0, 0.05) is 25.3 Å². The molecule has 0 saturated carbocycles. The molecule has 2 N–H and O–H groups in total. The van der Waals surface area contributed by atoms with Crippen LogP contribution in [0.4, 0.5) is 5.69 Å². The zero-order valence-corrected chi connectivity index (χ0v) is 11.7. The van der Waals surface area contributed by atoms with E-state index in [2.05, 4.69) is 50.9 Å². The molecule has 1 aromatic carbocycles. The minimum Gasteiger partial charge on any atom is -0.374 e. The summed E-state index contributed by atoms with van der Waals surface area (Å²) in [7, 11) is 2.16. The Bertz CT molecular complexity index is 347. The van der Waals surface area contributed by atoms with Gasteiger partial charge in [0.15, 0.2) is 0 Å². The normalized spacial score (nSPS) is 12.5. The van der Waals surface area contributed by atoms with Gasteiger partial charge >= 0.3 is 0 Å². The lowest BCUT2D eigenvalue weighted by atomic mass is 10.00. The minimum atomic E-state index is 0.269. The van der Waals surface area contributed by atoms with Gasteiger partial charge in [0.25, 0.3) is 0 Å². The molecule has 0 aliphatic heterocycles. The number of rotatable bonds is 6. The van der Waals surface area contributed by atoms with E-state index in [9.17, 15) is 0 Å². The third kappa shape index (κ3) is 4.04. The second-order valence-corrected chi connectivity index (χ2v) is 4.93. The third-order valence-corrected chi connectivity index (χ3v) is 3.21. The van der Waals surface area contributed by atoms with E-state index in [4.69, 9.17) is 5.73 Å². The largest absolute Gasteiger partial charge is 0.374 e. The number of anilines is 1. The predicted molar refractivity (Wildman–Crippen MR) is 76.7 cm³/mol. The Morgan fingerprint density at radius 3 is 2.59 bits per heavy atom. The molecular weight excluding hydrogens is 208 g/mol. The molecule has 0 amide bonds. The summed E-state index contributed by atoms with van der Waals surface area (Å²) in [5.41, 5.74) is 10.1. The van der Waals surface area contributed by atoms with E-state index >= 15 is 0 Å². The van der Waals surface area contributed by atoms with Crippen LogP contribution in [-0.4, -0.2) is 19.6 Å². The van der Waals surface area contributed by atoms with E-state index < -0.39 is 0 Å². The highest BCUT2D eigenvalue weighted by atomic mass is 15.1. The van der Waals surface area contributed by atoms with Crippen molar-refractivity contribution in [2.45, 2.75) is 46.1 Å². The van der Waals surface area contributed by atoms with Crippen LogP contribution in [-0.2, 0) is 6.42 Å². The lowest BCUT2D eigenvalue weighted by Gasteiger charge is -2.23. The molecule has 0 spiro atoms. The molecule has 2 nitrogen and oxygen atoms in total. The maximum absolute atomic E-state index is 6.08. The highest BCUT2D eigenvalue weighted by molar-refractivity contribution is 5.54. The summed E-state index contributed by atoms with van der Waals surface area (Å²) in [5.74, 6) is 0. The van der Waals surface area contributed by atoms with E-state index in [1.807, 2.05) is 0 Å². The Morgan fingerprint density at radius 2 is 2.00 bits per heavy atom. The molecule has 0 aromatic heterocycles. The van der Waals surface area contributed by atoms with Crippen LogP contribution in [0.25, 0.3) is 0 Å². The SMILES string of the molecule is CCCN(C)c1ccc(C)cc1CC(N)CC. The molecule has 0 aliphatic rings. The van der Waals surface area contributed by atoms with Crippen LogP contribution >= 0.6 is 0 Å². The van der Waals surface area contributed by atoms with Gasteiger partial charge in [-0.15, -0.1) is 0 Å². The van der Waals surface area contributed by atoms with Gasteiger partial charge < -0.3 is 10.6 Å². The van der Waals surface area contributed by atoms with Crippen LogP contribution in [0.1, 0.15) is 37.8 Å². The molecule has 1 unspecified atom stereocenters. The lowest BCUT2D eigenvalue weighted by Crippen LogP contribution is -2.25. The van der Waals surface area contributed by atoms with Gasteiger partial charge in [-0.3, -0.25) is 0 Å². The number of hydrogen-bond donors (Lipinski definition) is 1. The smallest absolute Gasteiger partial charge is 0.0396 e. The monoisotopic (exact) mass is 234 g/mol. The molecule has 0 saturated heterocycles. The molecule has 0 heterocycles. The molecule has 0 aliphatic carbocycles. The second kappa shape index (κ2) is 6.65. The maximum atomic E-state index is 6.08. The Kier molecular flexibility index (Phi) is 5.49. The quantitative estimate of drug-likeness (QED) is 0.819. The molecule has 0 fully saturated rings. The van der Waals surface area contributed by atoms with Crippen molar-refractivity contribution < 1.29 is 0 Å². The zero-order chi connectivity index (χ0) is 12.8. The fraction of sp³-hybridized carbons (Fsp3) is 0.600. The highest BCUT2D eigenvalue weighted by Crippen LogP contribution is 2.22. The minimum absolute atomic E-state index is 0.269. The fourth-order valence-electron chi connectivity index (χ4n) is 2.13. The summed E-state index contributed by atoms with van der Waals surface area (Å²) >= 11 is 0. The fourth-order valence-corrected chi connectivity index (χ4v) is 2.13. The van der Waals surface area contributed by atoms with E-state index in [1.165, 1.54) is 23.2 Å². The summed E-state index contributed by atoms with van der Waals surface area (Å²) in [6.45, 7) is 7.60. The van der Waals surface area contributed by atoms with Crippen LogP contribution in [0.15, 0.2) is 18.2 Å². The van der Waals surface area contributed by atoms with Crippen LogP contribution in [0.5, 0.6) is 0 Å². The van der Waals surface area contributed by atoms with Crippen LogP contribution < -0.4 is 10.6 Å². The van der Waals surface area contributed by atoms with Crippen molar-refractivity contribution in [1.82, 2.24) is 0 Å². The highest BCUT2D eigenvalue weighted by Gasteiger charge is 2.10. The standard InChI is InChI=1S/C15H26N2/c1-5-9-17(4)15-8-7-12(3)10-13(15)11-14(16)6-2/h7-8,10,14H,5-6,9,11,16H2,1-4H3. The topological polar surface area (TPSA) is 29.3 Å². The molecule has 0 radical (unpaired) electrons. The van der Waals surface area contributed by atoms with Gasteiger partial charge in [0.2, 0.25) is 0 Å². The van der Waals surface area contributed by atoms with Gasteiger partial charge in [-0.25, -0.2) is 0 Å². The van der Waals surface area contributed by atoms with Crippen molar-refractivity contribution in [3.8, 4) is 0 Å². The maximum Gasteiger partial charge on any atom is 0.0396 e. The zero-order valence-electron chi connectivity index (χ0n) is 11.7. The van der Waals surface area contributed by atoms with Crippen LogP contribution in [0, 0.1) is 6.92 Å². The number of nitrogens with zero attached hydrogens (tertiary/aromatic N) is 1. The summed E-state index contributed by atoms with van der Waals surface area (Å²) in [6, 6.07) is 6.95. The van der Waals surface area contributed by atoms with Crippen molar-refractivity contribution in [3.63, 3.8) is 0 Å². The Hall–Kier alpha value is -1.02. The first-order valence-electron chi connectivity index (χ1n) is 6.64. The molecule has 17 heavy (non-hydrogen) atoms. The second-order valence-electron chi connectivity index (χ2n) is 4.93. The summed E-state index contributed by atoms with van der Waals surface area (Å²) < 4.78 is 0. The molecule has 1 rings (SSSR count). The van der Waals surface area contributed by atoms with Gasteiger partial charge in [-0.05, 0) is 37.8 Å². The van der Waals surface area contributed by atoms with Gasteiger partial charge in [0.1, 0.15) is 0 Å². The Balaban J connectivity index is 2.94. The van der Waals surface area contributed by atoms with E-state index in [-0.39, 0.29) is 6.04 Å². The van der Waals surface area contributed by atoms with Gasteiger partial charge in [0.05, 0.1) is 0 Å². The first-order valence-corrected chi connectivity index (χ1v) is 6.64. The van der Waals surface area contributed by atoms with Gasteiger partial charge in [-0.2, -0.15) is 0 Å². The van der Waals surface area contributed by atoms with Crippen LogP contribution in [0.3, 0.4) is 0 Å². The molecular formula is C15H26N2. The summed E-state index contributed by atoms with van der Waals surface area (Å²) in [4.78, 5) is 2.33. The number of hydrogen-bond acceptors (Lipinski definition) is 2. The molecule has 2 heteroatoms. The first kappa shape index (κ1) is 14.0. The number of benzene rings is 1. The van der Waals surface area contributed by atoms with E-state index in [0.29, 0.717) is 0 Å². The van der Waals surface area contributed by atoms with E-state index in [0.717, 1.165) is 19.4 Å². The van der Waals surface area contributed by atoms with Crippen molar-refractivity contribution in [1.29, 1.82) is 0 Å². The molecule has 96 valence electrons. The Labute approximate surface area is 106 Å². The van der Waals surface area contributed by atoms with Crippen molar-refractivity contribution >= 4 is 5.69 Å². The molecule has 0 bridgehead atoms. The van der Waals surface area contributed by atoms with Crippen molar-refractivity contribution in [2.24, 2.45) is 5.73 Å². The van der Waals surface area contributed by atoms with Gasteiger partial charge in [-0.1, -0.05) is 31.5 Å². The number of aryl methyl sites for hydroxylation is 1. The van der Waals surface area contributed by atoms with Crippen LogP contribution in [0.2, 0.25) is 0 Å². The first-order chi connectivity index (χ1) is 8.08. The predicted octanol–water partition coefficient (Wildman–Crippen LogP) is 3.12. The lowest BCUT2D eigenvalue weighted by molar-refractivity contribution is 0.645. The summed E-state index contributed by atoms with van der Waals surface area (Å²) in [5, 5.41) is 0. The average Bonchev–Trinajstić information content (AvgIpc) is 2.29.